The lowest BCUT2D eigenvalue weighted by atomic mass is 10.6. The van der Waals surface area contributed by atoms with Crippen molar-refractivity contribution in [3.63, 3.8) is 0 Å². The lowest BCUT2D eigenvalue weighted by Gasteiger charge is -2.12. The Balaban J connectivity index is 3.86. The molecule has 4 heteroatoms. The van der Waals surface area contributed by atoms with Gasteiger partial charge in [-0.15, -0.1) is 0 Å². The summed E-state index contributed by atoms with van der Waals surface area (Å²) in [6, 6.07) is 0. The van der Waals surface area contributed by atoms with E-state index < -0.39 is 10.5 Å². The molecule has 0 rings (SSSR count). The van der Waals surface area contributed by atoms with Gasteiger partial charge in [0.15, 0.2) is 0 Å². The molecule has 0 aromatic rings. The average molecular weight is 169 g/mol. The zero-order valence-electron chi connectivity index (χ0n) is 4.86. The van der Waals surface area contributed by atoms with Gasteiger partial charge in [0.1, 0.15) is 0 Å². The second-order valence-electron chi connectivity index (χ2n) is 1.36. The van der Waals surface area contributed by atoms with Crippen LogP contribution in [0.3, 0.4) is 0 Å². The van der Waals surface area contributed by atoms with Crippen molar-refractivity contribution in [2.24, 2.45) is 0 Å². The summed E-state index contributed by atoms with van der Waals surface area (Å²) in [7, 11) is 0. The number of esters is 1. The summed E-state index contributed by atoms with van der Waals surface area (Å²) in [5, 5.41) is 0. The molecule has 0 atom stereocenters. The third-order valence-electron chi connectivity index (χ3n) is 0.517. The van der Waals surface area contributed by atoms with E-state index in [1.807, 2.05) is 0 Å². The van der Waals surface area contributed by atoms with Gasteiger partial charge in [-0.25, -0.2) is 0 Å². The van der Waals surface area contributed by atoms with Crippen LogP contribution in [0.15, 0.2) is 12.7 Å². The smallest absolute Gasteiger partial charge is 0.305 e. The number of ether oxygens (including phenoxy) is 1. The molecule has 52 valence electrons. The molecular weight excluding hydrogens is 163 g/mol. The first kappa shape index (κ1) is 8.79. The van der Waals surface area contributed by atoms with E-state index in [-0.39, 0.29) is 0 Å². The van der Waals surface area contributed by atoms with Crippen molar-refractivity contribution in [2.45, 2.75) is 11.4 Å². The minimum atomic E-state index is -1.58. The molecule has 0 fully saturated rings. The third-order valence-corrected chi connectivity index (χ3v) is 0.980. The molecule has 0 aliphatic heterocycles. The topological polar surface area (TPSA) is 26.3 Å². The van der Waals surface area contributed by atoms with Crippen molar-refractivity contribution in [2.75, 3.05) is 0 Å². The van der Waals surface area contributed by atoms with Crippen LogP contribution in [-0.2, 0) is 9.53 Å². The van der Waals surface area contributed by atoms with Gasteiger partial charge in [0, 0.05) is 6.92 Å². The van der Waals surface area contributed by atoms with Gasteiger partial charge >= 0.3 is 5.97 Å². The molecule has 0 saturated heterocycles. The van der Waals surface area contributed by atoms with Gasteiger partial charge in [0.05, 0.1) is 0 Å². The zero-order chi connectivity index (χ0) is 7.49. The Kier molecular flexibility index (Phi) is 3.01. The Morgan fingerprint density at radius 3 is 2.33 bits per heavy atom. The van der Waals surface area contributed by atoms with Crippen molar-refractivity contribution >= 4 is 29.2 Å². The van der Waals surface area contributed by atoms with Gasteiger partial charge in [-0.3, -0.25) is 4.79 Å². The molecule has 0 bridgehead atoms. The van der Waals surface area contributed by atoms with E-state index in [0.717, 1.165) is 6.08 Å². The highest BCUT2D eigenvalue weighted by atomic mass is 35.5. The second-order valence-corrected chi connectivity index (χ2v) is 2.68. The molecule has 0 aromatic carbocycles. The molecule has 0 amide bonds. The Bertz CT molecular complexity index is 131. The van der Waals surface area contributed by atoms with E-state index in [0.29, 0.717) is 0 Å². The zero-order valence-corrected chi connectivity index (χ0v) is 6.37. The van der Waals surface area contributed by atoms with Gasteiger partial charge in [0.25, 0.3) is 4.52 Å². The maximum Gasteiger partial charge on any atom is 0.305 e. The number of halogens is 2. The number of hydrogen-bond acceptors (Lipinski definition) is 2. The van der Waals surface area contributed by atoms with Crippen molar-refractivity contribution < 1.29 is 9.53 Å². The summed E-state index contributed by atoms with van der Waals surface area (Å²) in [5.41, 5.74) is 0. The van der Waals surface area contributed by atoms with Crippen LogP contribution in [0, 0.1) is 0 Å². The SMILES string of the molecule is C=CC(Cl)(Cl)OC(C)=O. The Morgan fingerprint density at radius 1 is 1.78 bits per heavy atom. The fourth-order valence-electron chi connectivity index (χ4n) is 0.233. The van der Waals surface area contributed by atoms with Crippen LogP contribution in [0.2, 0.25) is 0 Å². The minimum absolute atomic E-state index is 0.542. The highest BCUT2D eigenvalue weighted by Gasteiger charge is 2.21. The van der Waals surface area contributed by atoms with Gasteiger partial charge in [-0.2, -0.15) is 0 Å². The van der Waals surface area contributed by atoms with Crippen LogP contribution in [-0.4, -0.2) is 10.5 Å². The molecule has 0 radical (unpaired) electrons. The van der Waals surface area contributed by atoms with Gasteiger partial charge in [-0.1, -0.05) is 29.8 Å². The lowest BCUT2D eigenvalue weighted by molar-refractivity contribution is -0.142. The van der Waals surface area contributed by atoms with Crippen molar-refractivity contribution in [3.8, 4) is 0 Å². The van der Waals surface area contributed by atoms with Crippen molar-refractivity contribution in [1.29, 1.82) is 0 Å². The van der Waals surface area contributed by atoms with Gasteiger partial charge in [0.2, 0.25) is 0 Å². The van der Waals surface area contributed by atoms with E-state index in [2.05, 4.69) is 11.3 Å². The van der Waals surface area contributed by atoms with Crippen molar-refractivity contribution in [1.82, 2.24) is 0 Å². The van der Waals surface area contributed by atoms with Crippen LogP contribution in [0.5, 0.6) is 0 Å². The molecule has 9 heavy (non-hydrogen) atoms. The number of hydrogen-bond donors (Lipinski definition) is 0. The van der Waals surface area contributed by atoms with Crippen LogP contribution < -0.4 is 0 Å². The lowest BCUT2D eigenvalue weighted by Crippen LogP contribution is -2.17. The molecular formula is C5H6Cl2O2. The van der Waals surface area contributed by atoms with Crippen molar-refractivity contribution in [3.05, 3.63) is 12.7 Å². The predicted octanol–water partition coefficient (Wildman–Crippen LogP) is 1.87. The summed E-state index contributed by atoms with van der Waals surface area (Å²) in [6.07, 6.45) is 1.12. The Hall–Kier alpha value is -0.210. The van der Waals surface area contributed by atoms with E-state index in [1.165, 1.54) is 6.92 Å². The summed E-state index contributed by atoms with van der Waals surface area (Å²) in [5.74, 6) is -0.542. The number of carbonyl (C=O) groups excluding carboxylic acids is 1. The highest BCUT2D eigenvalue weighted by Crippen LogP contribution is 2.23. The largest absolute Gasteiger partial charge is 0.425 e. The minimum Gasteiger partial charge on any atom is -0.425 e. The molecule has 0 aromatic heterocycles. The first-order chi connectivity index (χ1) is 3.98. The van der Waals surface area contributed by atoms with Crippen LogP contribution in [0.1, 0.15) is 6.92 Å². The molecule has 2 nitrogen and oxygen atoms in total. The maximum absolute atomic E-state index is 10.2. The van der Waals surface area contributed by atoms with E-state index in [9.17, 15) is 4.79 Å². The molecule has 0 N–H and O–H groups in total. The number of rotatable bonds is 2. The molecule has 0 unspecified atom stereocenters. The molecule has 0 spiro atoms. The number of alkyl halides is 2. The van der Waals surface area contributed by atoms with Crippen LogP contribution in [0.25, 0.3) is 0 Å². The average Bonchev–Trinajstić information content (AvgIpc) is 1.63. The fraction of sp³-hybridized carbons (Fsp3) is 0.400. The predicted molar refractivity (Wildman–Crippen MR) is 36.4 cm³/mol. The molecule has 0 saturated carbocycles. The Labute approximate surface area is 63.4 Å². The second kappa shape index (κ2) is 3.08. The van der Waals surface area contributed by atoms with E-state index in [1.54, 1.807) is 0 Å². The van der Waals surface area contributed by atoms with E-state index >= 15 is 0 Å². The standard InChI is InChI=1S/C5H6Cl2O2/c1-3-5(6,7)9-4(2)8/h3H,1H2,2H3. The third kappa shape index (κ3) is 4.30. The first-order valence-electron chi connectivity index (χ1n) is 2.19. The highest BCUT2D eigenvalue weighted by molar-refractivity contribution is 6.49. The normalized spacial score (nSPS) is 10.6. The number of carbonyl (C=O) groups is 1. The Morgan fingerprint density at radius 2 is 2.22 bits per heavy atom. The van der Waals surface area contributed by atoms with E-state index in [4.69, 9.17) is 23.2 Å². The fourth-order valence-corrected chi connectivity index (χ4v) is 0.451. The quantitative estimate of drug-likeness (QED) is 0.358. The maximum atomic E-state index is 10.2. The molecule has 0 aliphatic rings. The summed E-state index contributed by atoms with van der Waals surface area (Å²) < 4.78 is 2.78. The molecule has 0 heterocycles. The monoisotopic (exact) mass is 168 g/mol. The van der Waals surface area contributed by atoms with Gasteiger partial charge < -0.3 is 4.74 Å². The summed E-state index contributed by atoms with van der Waals surface area (Å²) in [6.45, 7) is 4.46. The van der Waals surface area contributed by atoms with Crippen LogP contribution >= 0.6 is 23.2 Å². The van der Waals surface area contributed by atoms with Crippen LogP contribution in [0.4, 0.5) is 0 Å². The summed E-state index contributed by atoms with van der Waals surface area (Å²) in [4.78, 5) is 10.2. The first-order valence-corrected chi connectivity index (χ1v) is 2.94. The van der Waals surface area contributed by atoms with Gasteiger partial charge in [-0.05, 0) is 6.08 Å². The molecule has 0 aliphatic carbocycles. The summed E-state index contributed by atoms with van der Waals surface area (Å²) >= 11 is 10.6.